The van der Waals surface area contributed by atoms with Gasteiger partial charge < -0.3 is 19.3 Å². The van der Waals surface area contributed by atoms with Gasteiger partial charge in [0.05, 0.1) is 13.2 Å². The highest BCUT2D eigenvalue weighted by atomic mass is 16.5. The Balaban J connectivity index is 2.12. The predicted molar refractivity (Wildman–Crippen MR) is 164 cm³/mol. The third kappa shape index (κ3) is 5.43. The Hall–Kier alpha value is -3.85. The number of nitrogens with one attached hydrogen (secondary N) is 1. The van der Waals surface area contributed by atoms with Crippen LogP contribution < -0.4 is 24.7 Å². The summed E-state index contributed by atoms with van der Waals surface area (Å²) in [4.78, 5) is 27.5. The Bertz CT molecular complexity index is 1270. The molecule has 0 radical (unpaired) electrons. The third-order valence-electron chi connectivity index (χ3n) is 7.72. The average molecular weight is 561 g/mol. The lowest BCUT2D eigenvalue weighted by Gasteiger charge is -2.45. The van der Waals surface area contributed by atoms with Gasteiger partial charge in [-0.3, -0.25) is 14.8 Å². The van der Waals surface area contributed by atoms with E-state index < -0.39 is 5.54 Å². The van der Waals surface area contributed by atoms with E-state index in [0.29, 0.717) is 42.6 Å². The normalized spacial score (nSPS) is 14.0. The lowest BCUT2D eigenvalue weighted by molar-refractivity contribution is 0.0529. The quantitative estimate of drug-likeness (QED) is 0.304. The molecule has 0 saturated carbocycles. The molecule has 2 aromatic carbocycles. The van der Waals surface area contributed by atoms with Crippen LogP contribution in [0.4, 0.5) is 11.4 Å². The summed E-state index contributed by atoms with van der Waals surface area (Å²) in [6.07, 6.45) is 3.21. The Morgan fingerprint density at radius 2 is 1.24 bits per heavy atom. The van der Waals surface area contributed by atoms with Gasteiger partial charge in [-0.25, -0.2) is 10.4 Å². The van der Waals surface area contributed by atoms with Crippen LogP contribution in [0.3, 0.4) is 0 Å². The van der Waals surface area contributed by atoms with Gasteiger partial charge in [-0.05, 0) is 60.6 Å². The van der Waals surface area contributed by atoms with Crippen molar-refractivity contribution in [1.82, 2.24) is 20.4 Å². The summed E-state index contributed by atoms with van der Waals surface area (Å²) in [5, 5.41) is 1.61. The van der Waals surface area contributed by atoms with Crippen LogP contribution >= 0.6 is 0 Å². The molecule has 0 saturated heterocycles. The predicted octanol–water partition coefficient (Wildman–Crippen LogP) is 5.24. The number of hydrogen-bond acceptors (Lipinski definition) is 8. The van der Waals surface area contributed by atoms with Crippen molar-refractivity contribution >= 4 is 17.3 Å². The number of nitrogens with zero attached hydrogens (tertiary/aromatic N) is 5. The Labute approximate surface area is 244 Å². The maximum Gasteiger partial charge on any atom is 0.288 e. The number of aromatic nitrogens is 2. The number of carbonyl (C=O) groups is 1. The van der Waals surface area contributed by atoms with Crippen molar-refractivity contribution in [1.29, 1.82) is 0 Å². The fourth-order valence-electron chi connectivity index (χ4n) is 5.71. The molecule has 0 spiro atoms. The van der Waals surface area contributed by atoms with Crippen LogP contribution in [0.5, 0.6) is 11.5 Å². The number of amides is 1. The SMILES string of the molecule is CCOc1cc(N(CC)CC)ccc1C1(c2ccc(N(CC)CC)cc2OCC)NN(CC)C(=O)c2nccnc21. The van der Waals surface area contributed by atoms with E-state index in [4.69, 9.17) is 14.5 Å². The van der Waals surface area contributed by atoms with Crippen molar-refractivity contribution in [3.63, 3.8) is 0 Å². The molecule has 0 fully saturated rings. The molecule has 1 aliphatic rings. The highest BCUT2D eigenvalue weighted by Crippen LogP contribution is 2.48. The Morgan fingerprint density at radius 3 is 1.68 bits per heavy atom. The largest absolute Gasteiger partial charge is 0.493 e. The summed E-state index contributed by atoms with van der Waals surface area (Å²) in [5.74, 6) is 1.20. The second-order valence-electron chi connectivity index (χ2n) is 9.74. The second kappa shape index (κ2) is 13.2. The Kier molecular flexibility index (Phi) is 9.70. The first-order valence-electron chi connectivity index (χ1n) is 14.9. The molecule has 41 heavy (non-hydrogen) atoms. The molecule has 4 rings (SSSR count). The number of carbonyl (C=O) groups excluding carboxylic acids is 1. The third-order valence-corrected chi connectivity index (χ3v) is 7.72. The maximum atomic E-state index is 13.5. The molecule has 220 valence electrons. The number of hydrazine groups is 1. The van der Waals surface area contributed by atoms with Gasteiger partial charge in [0.2, 0.25) is 0 Å². The maximum absolute atomic E-state index is 13.5. The molecule has 0 atom stereocenters. The molecule has 1 amide bonds. The molecule has 9 nitrogen and oxygen atoms in total. The fraction of sp³-hybridized carbons (Fsp3) is 0.469. The number of rotatable bonds is 13. The lowest BCUT2D eigenvalue weighted by atomic mass is 9.77. The number of hydrogen-bond donors (Lipinski definition) is 1. The molecule has 0 aliphatic carbocycles. The fourth-order valence-corrected chi connectivity index (χ4v) is 5.71. The average Bonchev–Trinajstić information content (AvgIpc) is 3.00. The number of anilines is 2. The van der Waals surface area contributed by atoms with Crippen LogP contribution in [0.1, 0.15) is 75.8 Å². The standard InChI is InChI=1S/C32H44N6O3/c1-8-36(9-2)23-15-17-25(27(21-23)40-13-6)32(30-29(33-19-20-34-30)31(39)38(12-5)35-32)26-18-16-24(37(10-3)11-4)22-28(26)41-14-7/h15-22,35H,8-14H2,1-7H3. The number of benzene rings is 2. The van der Waals surface area contributed by atoms with E-state index in [2.05, 4.69) is 84.3 Å². The summed E-state index contributed by atoms with van der Waals surface area (Å²) in [6, 6.07) is 12.6. The van der Waals surface area contributed by atoms with Crippen LogP contribution in [-0.2, 0) is 5.54 Å². The molecule has 1 aliphatic heterocycles. The minimum absolute atomic E-state index is 0.221. The molecule has 0 bridgehead atoms. The highest BCUT2D eigenvalue weighted by molar-refractivity contribution is 5.95. The van der Waals surface area contributed by atoms with Gasteiger partial charge >= 0.3 is 0 Å². The first-order chi connectivity index (χ1) is 19.9. The van der Waals surface area contributed by atoms with E-state index in [-0.39, 0.29) is 5.91 Å². The van der Waals surface area contributed by atoms with Crippen molar-refractivity contribution in [2.24, 2.45) is 0 Å². The first-order valence-corrected chi connectivity index (χ1v) is 14.9. The zero-order valence-corrected chi connectivity index (χ0v) is 25.5. The smallest absolute Gasteiger partial charge is 0.288 e. The summed E-state index contributed by atoms with van der Waals surface area (Å²) in [5.41, 5.74) is 7.10. The van der Waals surface area contributed by atoms with Crippen molar-refractivity contribution < 1.29 is 14.3 Å². The van der Waals surface area contributed by atoms with E-state index in [1.165, 1.54) is 0 Å². The zero-order chi connectivity index (χ0) is 29.6. The van der Waals surface area contributed by atoms with Crippen LogP contribution in [0, 0.1) is 0 Å². The van der Waals surface area contributed by atoms with Crippen molar-refractivity contribution in [2.45, 2.75) is 54.0 Å². The minimum Gasteiger partial charge on any atom is -0.493 e. The topological polar surface area (TPSA) is 83.1 Å². The molecule has 2 heterocycles. The van der Waals surface area contributed by atoms with Crippen LogP contribution in [0.25, 0.3) is 0 Å². The van der Waals surface area contributed by atoms with E-state index in [9.17, 15) is 4.79 Å². The molecular formula is C32H44N6O3. The Morgan fingerprint density at radius 1 is 0.756 bits per heavy atom. The number of ether oxygens (including phenoxy) is 2. The summed E-state index contributed by atoms with van der Waals surface area (Å²) in [6.45, 7) is 19.4. The molecular weight excluding hydrogens is 516 g/mol. The van der Waals surface area contributed by atoms with Crippen molar-refractivity contribution in [3.05, 3.63) is 71.3 Å². The first kappa shape index (κ1) is 30.1. The van der Waals surface area contributed by atoms with E-state index in [1.54, 1.807) is 17.4 Å². The molecule has 3 aromatic rings. The van der Waals surface area contributed by atoms with E-state index >= 15 is 0 Å². The van der Waals surface area contributed by atoms with Crippen LogP contribution in [-0.4, -0.2) is 66.8 Å². The molecule has 0 unspecified atom stereocenters. The summed E-state index contributed by atoms with van der Waals surface area (Å²) >= 11 is 0. The monoisotopic (exact) mass is 560 g/mol. The number of fused-ring (bicyclic) bond motifs is 1. The van der Waals surface area contributed by atoms with Crippen LogP contribution in [0.15, 0.2) is 48.8 Å². The van der Waals surface area contributed by atoms with E-state index in [1.807, 2.05) is 20.8 Å². The second-order valence-corrected chi connectivity index (χ2v) is 9.74. The lowest BCUT2D eigenvalue weighted by Crippen LogP contribution is -2.61. The van der Waals surface area contributed by atoms with Crippen LogP contribution in [0.2, 0.25) is 0 Å². The molecule has 1 aromatic heterocycles. The highest BCUT2D eigenvalue weighted by Gasteiger charge is 2.50. The molecule has 1 N–H and O–H groups in total. The van der Waals surface area contributed by atoms with Gasteiger partial charge in [-0.2, -0.15) is 0 Å². The summed E-state index contributed by atoms with van der Waals surface area (Å²) < 4.78 is 12.7. The van der Waals surface area contributed by atoms with Crippen molar-refractivity contribution in [2.75, 3.05) is 55.7 Å². The van der Waals surface area contributed by atoms with Crippen molar-refractivity contribution in [3.8, 4) is 11.5 Å². The van der Waals surface area contributed by atoms with Gasteiger partial charge in [0.15, 0.2) is 5.69 Å². The van der Waals surface area contributed by atoms with E-state index in [0.717, 1.165) is 48.7 Å². The van der Waals surface area contributed by atoms with Gasteiger partial charge in [0, 0.05) is 79.8 Å². The van der Waals surface area contributed by atoms with Gasteiger partial charge in [0.1, 0.15) is 22.7 Å². The van der Waals surface area contributed by atoms with Gasteiger partial charge in [-0.15, -0.1) is 0 Å². The van der Waals surface area contributed by atoms with Gasteiger partial charge in [-0.1, -0.05) is 12.1 Å². The minimum atomic E-state index is -1.12. The van der Waals surface area contributed by atoms with Gasteiger partial charge in [0.25, 0.3) is 5.91 Å². The zero-order valence-electron chi connectivity index (χ0n) is 25.5. The molecule has 9 heteroatoms. The summed E-state index contributed by atoms with van der Waals surface area (Å²) in [7, 11) is 0.